The Hall–Kier alpha value is -2.37. The summed E-state index contributed by atoms with van der Waals surface area (Å²) >= 11 is 0. The van der Waals surface area contributed by atoms with Crippen LogP contribution in [-0.4, -0.2) is 42.5 Å². The number of rotatable bonds is 3. The second kappa shape index (κ2) is 7.71. The van der Waals surface area contributed by atoms with Gasteiger partial charge in [-0.05, 0) is 72.7 Å². The van der Waals surface area contributed by atoms with Crippen molar-refractivity contribution >= 4 is 17.1 Å². The molecule has 0 bridgehead atoms. The average Bonchev–Trinajstić information content (AvgIpc) is 2.70. The fourth-order valence-corrected chi connectivity index (χ4v) is 3.80. The van der Waals surface area contributed by atoms with Gasteiger partial charge in [0, 0.05) is 18.8 Å². The van der Waals surface area contributed by atoms with E-state index in [1.807, 2.05) is 12.1 Å². The first-order valence-electron chi connectivity index (χ1n) is 9.69. The summed E-state index contributed by atoms with van der Waals surface area (Å²) in [7, 11) is 0. The molecule has 4 rings (SSSR count). The van der Waals surface area contributed by atoms with E-state index in [1.165, 1.54) is 11.1 Å². The summed E-state index contributed by atoms with van der Waals surface area (Å²) in [6.07, 6.45) is 4.39. The molecule has 5 heteroatoms. The highest BCUT2D eigenvalue weighted by Crippen LogP contribution is 2.32. The van der Waals surface area contributed by atoms with Crippen LogP contribution >= 0.6 is 0 Å². The van der Waals surface area contributed by atoms with Gasteiger partial charge in [-0.3, -0.25) is 0 Å². The van der Waals surface area contributed by atoms with Gasteiger partial charge in [0.1, 0.15) is 5.82 Å². The maximum absolute atomic E-state index is 9.85. The normalized spacial score (nSPS) is 18.4. The van der Waals surface area contributed by atoms with Crippen LogP contribution < -0.4 is 10.6 Å². The van der Waals surface area contributed by atoms with Crippen molar-refractivity contribution in [3.05, 3.63) is 47.7 Å². The van der Waals surface area contributed by atoms with Crippen LogP contribution in [-0.2, 0) is 4.74 Å². The van der Waals surface area contributed by atoms with Crippen LogP contribution in [0.15, 0.2) is 36.4 Å². The summed E-state index contributed by atoms with van der Waals surface area (Å²) in [6.45, 7) is 5.15. The summed E-state index contributed by atoms with van der Waals surface area (Å²) in [4.78, 5) is 7.25. The van der Waals surface area contributed by atoms with E-state index in [9.17, 15) is 5.11 Å². The Morgan fingerprint density at radius 3 is 2.74 bits per heavy atom. The Bertz CT molecular complexity index is 855. The number of pyridine rings is 1. The Morgan fingerprint density at radius 1 is 1.19 bits per heavy atom. The van der Waals surface area contributed by atoms with Gasteiger partial charge in [-0.2, -0.15) is 0 Å². The molecule has 27 heavy (non-hydrogen) atoms. The zero-order valence-corrected chi connectivity index (χ0v) is 15.8. The Balaban J connectivity index is 1.79. The minimum Gasteiger partial charge on any atom is -0.399 e. The van der Waals surface area contributed by atoms with E-state index in [0.717, 1.165) is 67.3 Å². The van der Waals surface area contributed by atoms with Crippen molar-refractivity contribution < 1.29 is 9.84 Å². The van der Waals surface area contributed by atoms with E-state index in [4.69, 9.17) is 15.5 Å². The SMILES string of the molecule is Cc1ccc(N)cc1-c1cc(C2=CCOCC2)nc(N2CCC(O)CC2)c1. The van der Waals surface area contributed by atoms with Crippen molar-refractivity contribution in [1.82, 2.24) is 4.98 Å². The quantitative estimate of drug-likeness (QED) is 0.816. The Labute approximate surface area is 160 Å². The highest BCUT2D eigenvalue weighted by atomic mass is 16.5. The van der Waals surface area contributed by atoms with Crippen LogP contribution in [0.25, 0.3) is 16.7 Å². The lowest BCUT2D eigenvalue weighted by atomic mass is 9.97. The van der Waals surface area contributed by atoms with E-state index in [0.29, 0.717) is 6.61 Å². The van der Waals surface area contributed by atoms with Crippen molar-refractivity contribution in [3.8, 4) is 11.1 Å². The van der Waals surface area contributed by atoms with Gasteiger partial charge in [-0.15, -0.1) is 0 Å². The van der Waals surface area contributed by atoms with Gasteiger partial charge in [0.2, 0.25) is 0 Å². The molecule has 1 aromatic heterocycles. The molecule has 1 fully saturated rings. The van der Waals surface area contributed by atoms with Crippen LogP contribution in [0, 0.1) is 6.92 Å². The van der Waals surface area contributed by atoms with Gasteiger partial charge in [0.05, 0.1) is 25.0 Å². The summed E-state index contributed by atoms with van der Waals surface area (Å²) in [5, 5.41) is 9.85. The molecule has 1 aromatic carbocycles. The number of aryl methyl sites for hydroxylation is 1. The van der Waals surface area contributed by atoms with E-state index in [-0.39, 0.29) is 6.10 Å². The van der Waals surface area contributed by atoms with Crippen molar-refractivity contribution in [2.45, 2.75) is 32.3 Å². The number of hydrogen-bond donors (Lipinski definition) is 2. The number of hydrogen-bond acceptors (Lipinski definition) is 5. The summed E-state index contributed by atoms with van der Waals surface area (Å²) < 4.78 is 5.47. The molecule has 0 amide bonds. The first-order chi connectivity index (χ1) is 13.1. The van der Waals surface area contributed by atoms with Crippen LogP contribution in [0.5, 0.6) is 0 Å². The molecule has 0 atom stereocenters. The lowest BCUT2D eigenvalue weighted by Crippen LogP contribution is -2.36. The van der Waals surface area contributed by atoms with Gasteiger partial charge in [-0.1, -0.05) is 12.1 Å². The molecular weight excluding hydrogens is 338 g/mol. The topological polar surface area (TPSA) is 71.6 Å². The number of ether oxygens (including phenoxy) is 1. The average molecular weight is 365 g/mol. The second-order valence-corrected chi connectivity index (χ2v) is 7.45. The monoisotopic (exact) mass is 365 g/mol. The summed E-state index contributed by atoms with van der Waals surface area (Å²) in [5.41, 5.74) is 12.6. The highest BCUT2D eigenvalue weighted by molar-refractivity contribution is 5.77. The van der Waals surface area contributed by atoms with Gasteiger partial charge in [-0.25, -0.2) is 4.98 Å². The Kier molecular flexibility index (Phi) is 5.14. The van der Waals surface area contributed by atoms with Crippen LogP contribution in [0.1, 0.15) is 30.5 Å². The third kappa shape index (κ3) is 3.99. The van der Waals surface area contributed by atoms with Gasteiger partial charge in [0.15, 0.2) is 0 Å². The molecule has 2 aromatic rings. The number of anilines is 2. The molecule has 2 aliphatic rings. The molecule has 3 N–H and O–H groups in total. The molecule has 2 aliphatic heterocycles. The Morgan fingerprint density at radius 2 is 2.00 bits per heavy atom. The molecule has 0 spiro atoms. The molecular formula is C22H27N3O2. The van der Waals surface area contributed by atoms with Crippen molar-refractivity contribution in [2.75, 3.05) is 36.9 Å². The molecule has 142 valence electrons. The number of nitrogen functional groups attached to an aromatic ring is 1. The van der Waals surface area contributed by atoms with Crippen molar-refractivity contribution in [2.24, 2.45) is 0 Å². The lowest BCUT2D eigenvalue weighted by Gasteiger charge is -2.31. The number of nitrogens with two attached hydrogens (primary N) is 1. The van der Waals surface area contributed by atoms with Crippen molar-refractivity contribution in [3.63, 3.8) is 0 Å². The lowest BCUT2D eigenvalue weighted by molar-refractivity contribution is 0.145. The molecule has 0 saturated carbocycles. The third-order valence-corrected chi connectivity index (χ3v) is 5.47. The van der Waals surface area contributed by atoms with Crippen LogP contribution in [0.3, 0.4) is 0 Å². The maximum Gasteiger partial charge on any atom is 0.129 e. The smallest absolute Gasteiger partial charge is 0.129 e. The summed E-state index contributed by atoms with van der Waals surface area (Å²) in [6, 6.07) is 10.4. The number of aliphatic hydroxyl groups excluding tert-OH is 1. The fraction of sp³-hybridized carbons (Fsp3) is 0.409. The van der Waals surface area contributed by atoms with E-state index in [2.05, 4.69) is 36.1 Å². The van der Waals surface area contributed by atoms with E-state index in [1.54, 1.807) is 0 Å². The standard InChI is InChI=1S/C22H27N3O2/c1-15-2-3-18(23)14-20(15)17-12-21(16-6-10-27-11-7-16)24-22(13-17)25-8-4-19(26)5-9-25/h2-3,6,12-14,19,26H,4-5,7-11,23H2,1H3. The molecule has 0 radical (unpaired) electrons. The molecule has 5 nitrogen and oxygen atoms in total. The van der Waals surface area contributed by atoms with E-state index < -0.39 is 0 Å². The minimum absolute atomic E-state index is 0.196. The third-order valence-electron chi connectivity index (χ3n) is 5.47. The van der Waals surface area contributed by atoms with Gasteiger partial charge in [0.25, 0.3) is 0 Å². The van der Waals surface area contributed by atoms with Crippen LogP contribution in [0.2, 0.25) is 0 Å². The predicted molar refractivity (Wildman–Crippen MR) is 110 cm³/mol. The predicted octanol–water partition coefficient (Wildman–Crippen LogP) is 3.40. The first kappa shape index (κ1) is 18.0. The number of benzene rings is 1. The summed E-state index contributed by atoms with van der Waals surface area (Å²) in [5.74, 6) is 0.976. The molecule has 0 unspecified atom stereocenters. The van der Waals surface area contributed by atoms with Gasteiger partial charge < -0.3 is 20.5 Å². The zero-order chi connectivity index (χ0) is 18.8. The fourth-order valence-electron chi connectivity index (χ4n) is 3.80. The maximum atomic E-state index is 9.85. The number of aromatic nitrogens is 1. The zero-order valence-electron chi connectivity index (χ0n) is 15.8. The van der Waals surface area contributed by atoms with Crippen molar-refractivity contribution in [1.29, 1.82) is 0 Å². The number of aliphatic hydroxyl groups is 1. The van der Waals surface area contributed by atoms with Gasteiger partial charge >= 0.3 is 0 Å². The van der Waals surface area contributed by atoms with E-state index >= 15 is 0 Å². The number of piperidine rings is 1. The highest BCUT2D eigenvalue weighted by Gasteiger charge is 2.20. The molecule has 1 saturated heterocycles. The second-order valence-electron chi connectivity index (χ2n) is 7.45. The molecule has 3 heterocycles. The first-order valence-corrected chi connectivity index (χ1v) is 9.69. The largest absolute Gasteiger partial charge is 0.399 e. The van der Waals surface area contributed by atoms with Crippen LogP contribution in [0.4, 0.5) is 11.5 Å². The molecule has 0 aliphatic carbocycles. The minimum atomic E-state index is -0.196. The number of nitrogens with zero attached hydrogens (tertiary/aromatic N) is 2.